The summed E-state index contributed by atoms with van der Waals surface area (Å²) in [5.41, 5.74) is 4.09. The number of rotatable bonds is 5. The lowest BCUT2D eigenvalue weighted by Gasteiger charge is -2.10. The second kappa shape index (κ2) is 8.22. The van der Waals surface area contributed by atoms with Crippen LogP contribution in [0.3, 0.4) is 0 Å². The molecule has 142 valence electrons. The molecule has 0 spiro atoms. The van der Waals surface area contributed by atoms with Crippen molar-refractivity contribution >= 4 is 23.0 Å². The Morgan fingerprint density at radius 3 is 2.62 bits per heavy atom. The molecule has 3 aromatic carbocycles. The molecule has 0 atom stereocenters. The van der Waals surface area contributed by atoms with Crippen LogP contribution in [0.4, 0.5) is 0 Å². The topological polar surface area (TPSA) is 83.8 Å². The molecule has 0 saturated carbocycles. The van der Waals surface area contributed by atoms with E-state index in [1.807, 2.05) is 36.4 Å². The highest BCUT2D eigenvalue weighted by Crippen LogP contribution is 2.26. The summed E-state index contributed by atoms with van der Waals surface area (Å²) < 4.78 is 5.82. The van der Waals surface area contributed by atoms with Gasteiger partial charge in [0.05, 0.1) is 11.8 Å². The molecule has 1 aromatic heterocycles. The van der Waals surface area contributed by atoms with Gasteiger partial charge in [-0.15, -0.1) is 0 Å². The van der Waals surface area contributed by atoms with Gasteiger partial charge in [-0.3, -0.25) is 9.78 Å². The van der Waals surface area contributed by atoms with Crippen molar-refractivity contribution in [2.45, 2.75) is 0 Å². The number of nitrogens with one attached hydrogen (secondary N) is 1. The number of ether oxygens (including phenoxy) is 1. The monoisotopic (exact) mass is 383 g/mol. The summed E-state index contributed by atoms with van der Waals surface area (Å²) in [5.74, 6) is 0.771. The summed E-state index contributed by atoms with van der Waals surface area (Å²) in [4.78, 5) is 16.8. The Balaban J connectivity index is 1.53. The number of pyridine rings is 1. The Labute approximate surface area is 167 Å². The second-order valence-corrected chi connectivity index (χ2v) is 6.18. The highest BCUT2D eigenvalue weighted by molar-refractivity contribution is 6.01. The third-order valence-corrected chi connectivity index (χ3v) is 4.25. The first-order chi connectivity index (χ1) is 14.2. The first-order valence-electron chi connectivity index (χ1n) is 8.94. The van der Waals surface area contributed by atoms with Crippen LogP contribution in [0, 0.1) is 0 Å². The summed E-state index contributed by atoms with van der Waals surface area (Å²) in [6.45, 7) is 0. The number of hydrogen-bond donors (Lipinski definition) is 2. The zero-order valence-corrected chi connectivity index (χ0v) is 15.3. The molecule has 6 heteroatoms. The number of phenols is 1. The van der Waals surface area contributed by atoms with Gasteiger partial charge in [-0.2, -0.15) is 5.10 Å². The summed E-state index contributed by atoms with van der Waals surface area (Å²) in [5, 5.41) is 14.7. The van der Waals surface area contributed by atoms with Gasteiger partial charge in [-0.25, -0.2) is 5.43 Å². The smallest absolute Gasteiger partial charge is 0.275 e. The number of aromatic nitrogens is 1. The van der Waals surface area contributed by atoms with E-state index in [1.54, 1.807) is 48.7 Å². The first-order valence-corrected chi connectivity index (χ1v) is 8.94. The van der Waals surface area contributed by atoms with Crippen LogP contribution in [0.25, 0.3) is 10.9 Å². The maximum Gasteiger partial charge on any atom is 0.275 e. The van der Waals surface area contributed by atoms with E-state index in [-0.39, 0.29) is 5.75 Å². The van der Waals surface area contributed by atoms with E-state index in [1.165, 1.54) is 6.21 Å². The van der Waals surface area contributed by atoms with E-state index in [4.69, 9.17) is 4.74 Å². The van der Waals surface area contributed by atoms with Crippen LogP contribution in [0.15, 0.2) is 90.2 Å². The normalized spacial score (nSPS) is 10.9. The molecule has 0 bridgehead atoms. The molecular formula is C23H17N3O3. The number of benzene rings is 3. The lowest BCUT2D eigenvalue weighted by Crippen LogP contribution is -2.18. The van der Waals surface area contributed by atoms with Crippen molar-refractivity contribution in [2.75, 3.05) is 0 Å². The Hall–Kier alpha value is -4.19. The van der Waals surface area contributed by atoms with E-state index < -0.39 is 5.91 Å². The van der Waals surface area contributed by atoms with Gasteiger partial charge < -0.3 is 9.84 Å². The van der Waals surface area contributed by atoms with Crippen molar-refractivity contribution in [3.8, 4) is 17.2 Å². The Morgan fingerprint density at radius 1 is 0.966 bits per heavy atom. The quantitative estimate of drug-likeness (QED) is 0.393. The molecule has 4 rings (SSSR count). The van der Waals surface area contributed by atoms with Crippen molar-refractivity contribution < 1.29 is 14.6 Å². The summed E-state index contributed by atoms with van der Waals surface area (Å²) in [6.07, 6.45) is 3.12. The fourth-order valence-corrected chi connectivity index (χ4v) is 2.87. The minimum Gasteiger partial charge on any atom is -0.506 e. The number of fused-ring (bicyclic) bond motifs is 1. The minimum atomic E-state index is -0.394. The predicted molar refractivity (Wildman–Crippen MR) is 111 cm³/mol. The number of carbonyl (C=O) groups is 1. The third-order valence-electron chi connectivity index (χ3n) is 4.25. The molecule has 0 aliphatic heterocycles. The van der Waals surface area contributed by atoms with Gasteiger partial charge in [-0.05, 0) is 42.5 Å². The minimum absolute atomic E-state index is 0.0915. The van der Waals surface area contributed by atoms with Crippen LogP contribution in [0.1, 0.15) is 15.9 Å². The molecule has 0 radical (unpaired) electrons. The zero-order valence-electron chi connectivity index (χ0n) is 15.3. The predicted octanol–water partition coefficient (Wildman–Crippen LogP) is 4.50. The fourth-order valence-electron chi connectivity index (χ4n) is 2.87. The van der Waals surface area contributed by atoms with E-state index in [9.17, 15) is 9.90 Å². The van der Waals surface area contributed by atoms with Gasteiger partial charge in [0.2, 0.25) is 0 Å². The summed E-state index contributed by atoms with van der Waals surface area (Å²) in [7, 11) is 0. The van der Waals surface area contributed by atoms with Gasteiger partial charge in [0.1, 0.15) is 22.8 Å². The Morgan fingerprint density at radius 2 is 1.76 bits per heavy atom. The maximum absolute atomic E-state index is 12.6. The second-order valence-electron chi connectivity index (χ2n) is 6.18. The van der Waals surface area contributed by atoms with Gasteiger partial charge in [0.15, 0.2) is 0 Å². The molecule has 2 N–H and O–H groups in total. The van der Waals surface area contributed by atoms with Gasteiger partial charge in [0, 0.05) is 17.1 Å². The van der Waals surface area contributed by atoms with Crippen LogP contribution in [0.5, 0.6) is 17.2 Å². The van der Waals surface area contributed by atoms with Gasteiger partial charge in [-0.1, -0.05) is 36.4 Å². The number of carbonyl (C=O) groups excluding carboxylic acids is 1. The fraction of sp³-hybridized carbons (Fsp3) is 0. The van der Waals surface area contributed by atoms with Crippen LogP contribution < -0.4 is 10.2 Å². The van der Waals surface area contributed by atoms with Gasteiger partial charge >= 0.3 is 0 Å². The maximum atomic E-state index is 12.6. The van der Waals surface area contributed by atoms with Crippen molar-refractivity contribution in [3.63, 3.8) is 0 Å². The highest BCUT2D eigenvalue weighted by atomic mass is 16.5. The van der Waals surface area contributed by atoms with E-state index >= 15 is 0 Å². The molecule has 4 aromatic rings. The molecule has 1 heterocycles. The van der Waals surface area contributed by atoms with E-state index in [0.717, 1.165) is 10.9 Å². The number of hydrogen-bond acceptors (Lipinski definition) is 5. The highest BCUT2D eigenvalue weighted by Gasteiger charge is 2.12. The Kier molecular flexibility index (Phi) is 5.16. The largest absolute Gasteiger partial charge is 0.506 e. The molecular weight excluding hydrogens is 366 g/mol. The number of aromatic hydroxyl groups is 1. The van der Waals surface area contributed by atoms with Crippen molar-refractivity contribution in [1.82, 2.24) is 10.4 Å². The first kappa shape index (κ1) is 18.2. The molecule has 1 amide bonds. The molecule has 0 saturated heterocycles. The van der Waals surface area contributed by atoms with E-state index in [0.29, 0.717) is 22.6 Å². The average molecular weight is 383 g/mol. The van der Waals surface area contributed by atoms with Crippen molar-refractivity contribution in [1.29, 1.82) is 0 Å². The average Bonchev–Trinajstić information content (AvgIpc) is 2.76. The number of amides is 1. The third kappa shape index (κ3) is 4.06. The molecule has 6 nitrogen and oxygen atoms in total. The van der Waals surface area contributed by atoms with Crippen molar-refractivity contribution in [2.24, 2.45) is 5.10 Å². The summed E-state index contributed by atoms with van der Waals surface area (Å²) in [6, 6.07) is 23.1. The van der Waals surface area contributed by atoms with E-state index in [2.05, 4.69) is 15.5 Å². The number of phenolic OH excluding ortho intramolecular Hbond substituents is 1. The number of para-hydroxylation sites is 2. The molecule has 29 heavy (non-hydrogen) atoms. The number of nitrogens with zero attached hydrogens (tertiary/aromatic N) is 2. The molecule has 0 aliphatic rings. The molecule has 0 fully saturated rings. The molecule has 0 aliphatic carbocycles. The summed E-state index contributed by atoms with van der Waals surface area (Å²) >= 11 is 0. The van der Waals surface area contributed by atoms with Crippen LogP contribution >= 0.6 is 0 Å². The van der Waals surface area contributed by atoms with Gasteiger partial charge in [0.25, 0.3) is 5.91 Å². The Bertz CT molecular complexity index is 1190. The lowest BCUT2D eigenvalue weighted by atomic mass is 10.1. The standard InChI is InChI=1S/C23H17N3O3/c27-20-13-12-16(18-10-6-14-24-22(18)20)15-25-26-23(28)19-9-4-5-11-21(19)29-17-7-2-1-3-8-17/h1-15,27H,(H,26,28)/b25-15+. The van der Waals surface area contributed by atoms with Crippen LogP contribution in [-0.4, -0.2) is 22.2 Å². The lowest BCUT2D eigenvalue weighted by molar-refractivity contribution is 0.0953. The van der Waals surface area contributed by atoms with Crippen LogP contribution in [-0.2, 0) is 0 Å². The van der Waals surface area contributed by atoms with Crippen LogP contribution in [0.2, 0.25) is 0 Å². The van der Waals surface area contributed by atoms with Crippen molar-refractivity contribution in [3.05, 3.63) is 96.2 Å². The SMILES string of the molecule is O=C(N/N=C/c1ccc(O)c2ncccc12)c1ccccc1Oc1ccccc1. The molecule has 0 unspecified atom stereocenters. The number of hydrazone groups is 1. The zero-order chi connectivity index (χ0) is 20.1.